The van der Waals surface area contributed by atoms with E-state index in [2.05, 4.69) is 103 Å². The second-order valence-electron chi connectivity index (χ2n) is 13.0. The van der Waals surface area contributed by atoms with Crippen LogP contribution in [0.25, 0.3) is 60.9 Å². The third-order valence-corrected chi connectivity index (χ3v) is 10.0. The van der Waals surface area contributed by atoms with Gasteiger partial charge >= 0.3 is 0 Å². The van der Waals surface area contributed by atoms with Gasteiger partial charge in [-0.3, -0.25) is 9.59 Å². The second-order valence-corrected chi connectivity index (χ2v) is 13.0. The van der Waals surface area contributed by atoms with Gasteiger partial charge in [0.2, 0.25) is 0 Å². The molecule has 1 aliphatic heterocycles. The lowest BCUT2D eigenvalue weighted by Crippen LogP contribution is -2.29. The molecule has 4 heteroatoms. The van der Waals surface area contributed by atoms with Gasteiger partial charge in [0.25, 0.3) is 11.8 Å². The lowest BCUT2D eigenvalue weighted by atomic mass is 9.97. The number of hydrogen-bond donors (Lipinski definition) is 0. The Morgan fingerprint density at radius 1 is 0.420 bits per heavy atom. The van der Waals surface area contributed by atoms with Crippen LogP contribution in [0, 0.1) is 13.8 Å². The van der Waals surface area contributed by atoms with Crippen molar-refractivity contribution in [3.8, 4) is 39.1 Å². The number of aryl methyl sites for hydroxylation is 2. The first-order valence-corrected chi connectivity index (χ1v) is 16.9. The molecule has 9 rings (SSSR count). The van der Waals surface area contributed by atoms with Crippen LogP contribution in [-0.2, 0) is 0 Å². The van der Waals surface area contributed by atoms with E-state index in [0.29, 0.717) is 22.5 Å². The molecule has 1 aliphatic rings. The molecule has 0 saturated heterocycles. The number of rotatable bonds is 5. The predicted octanol–water partition coefficient (Wildman–Crippen LogP) is 11.2. The third-order valence-electron chi connectivity index (χ3n) is 10.0. The molecule has 0 saturated carbocycles. The lowest BCUT2D eigenvalue weighted by molar-refractivity contribution is 0.0926. The number of carbonyl (C=O) groups excluding carboxylic acids is 2. The van der Waals surface area contributed by atoms with Crippen LogP contribution in [0.2, 0.25) is 0 Å². The molecule has 0 aliphatic carbocycles. The molecule has 7 aromatic carbocycles. The molecule has 0 N–H and O–H groups in total. The summed E-state index contributed by atoms with van der Waals surface area (Å²) < 4.78 is 2.15. The maximum atomic E-state index is 14.4. The van der Waals surface area contributed by atoms with Gasteiger partial charge in [-0.1, -0.05) is 109 Å². The average molecular weight is 645 g/mol. The van der Waals surface area contributed by atoms with Crippen molar-refractivity contribution in [3.63, 3.8) is 0 Å². The van der Waals surface area contributed by atoms with E-state index in [1.165, 1.54) is 27.2 Å². The molecule has 0 bridgehead atoms. The first kappa shape index (κ1) is 29.6. The third kappa shape index (κ3) is 4.61. The fourth-order valence-electron chi connectivity index (χ4n) is 7.53. The lowest BCUT2D eigenvalue weighted by Gasteiger charge is -2.15. The Labute approximate surface area is 290 Å². The van der Waals surface area contributed by atoms with E-state index < -0.39 is 0 Å². The standard InChI is InChI=1S/C46H32N2O2/c1-29-11-6-8-15-36(29)33-21-25-41-39(27-33)40-28-34(37-16-9-7-12-30(37)2)22-26-42(40)48(41)43-18-10-17-38-44(43)46(50)47(45(38)49)35-23-19-32(20-24-35)31-13-4-3-5-14-31/h3-28H,1-2H3. The van der Waals surface area contributed by atoms with E-state index in [0.717, 1.165) is 44.1 Å². The van der Waals surface area contributed by atoms with E-state index in [1.807, 2.05) is 66.7 Å². The van der Waals surface area contributed by atoms with Crippen LogP contribution >= 0.6 is 0 Å². The highest BCUT2D eigenvalue weighted by Gasteiger charge is 2.39. The smallest absolute Gasteiger partial charge is 0.268 e. The van der Waals surface area contributed by atoms with Crippen molar-refractivity contribution in [2.75, 3.05) is 4.90 Å². The minimum absolute atomic E-state index is 0.316. The number of anilines is 1. The van der Waals surface area contributed by atoms with Crippen molar-refractivity contribution < 1.29 is 9.59 Å². The van der Waals surface area contributed by atoms with Crippen molar-refractivity contribution in [2.24, 2.45) is 0 Å². The summed E-state index contributed by atoms with van der Waals surface area (Å²) in [5.74, 6) is -0.639. The van der Waals surface area contributed by atoms with Crippen LogP contribution in [0.3, 0.4) is 0 Å². The first-order valence-electron chi connectivity index (χ1n) is 16.9. The quantitative estimate of drug-likeness (QED) is 0.175. The van der Waals surface area contributed by atoms with Crippen molar-refractivity contribution in [1.29, 1.82) is 0 Å². The summed E-state index contributed by atoms with van der Waals surface area (Å²) in [6.45, 7) is 4.27. The minimum atomic E-state index is -0.323. The maximum absolute atomic E-state index is 14.4. The summed E-state index contributed by atoms with van der Waals surface area (Å²) in [5.41, 5.74) is 13.1. The first-order chi connectivity index (χ1) is 24.5. The Balaban J connectivity index is 1.23. The molecule has 0 radical (unpaired) electrons. The average Bonchev–Trinajstić information content (AvgIpc) is 3.62. The van der Waals surface area contributed by atoms with Gasteiger partial charge in [0.1, 0.15) is 0 Å². The zero-order valence-electron chi connectivity index (χ0n) is 27.7. The molecule has 4 nitrogen and oxygen atoms in total. The number of amides is 2. The van der Waals surface area contributed by atoms with Gasteiger partial charge in [-0.25, -0.2) is 4.90 Å². The zero-order chi connectivity index (χ0) is 33.9. The van der Waals surface area contributed by atoms with E-state index in [9.17, 15) is 9.59 Å². The van der Waals surface area contributed by atoms with Gasteiger partial charge in [0, 0.05) is 10.8 Å². The van der Waals surface area contributed by atoms with Gasteiger partial charge in [-0.05, 0) is 107 Å². The van der Waals surface area contributed by atoms with E-state index in [1.54, 1.807) is 6.07 Å². The number of benzene rings is 7. The Kier molecular flexibility index (Phi) is 6.85. The molecule has 0 unspecified atom stereocenters. The number of imide groups is 1. The van der Waals surface area contributed by atoms with Gasteiger partial charge in [0.15, 0.2) is 0 Å². The highest BCUT2D eigenvalue weighted by molar-refractivity contribution is 6.35. The summed E-state index contributed by atoms with van der Waals surface area (Å²) in [6.07, 6.45) is 0. The van der Waals surface area contributed by atoms with Gasteiger partial charge < -0.3 is 4.57 Å². The van der Waals surface area contributed by atoms with E-state index >= 15 is 0 Å². The van der Waals surface area contributed by atoms with Crippen LogP contribution in [0.1, 0.15) is 31.8 Å². The highest BCUT2D eigenvalue weighted by Crippen LogP contribution is 2.41. The normalized spacial score (nSPS) is 12.6. The Morgan fingerprint density at radius 3 is 1.50 bits per heavy atom. The topological polar surface area (TPSA) is 42.3 Å². The number of hydrogen-bond acceptors (Lipinski definition) is 2. The number of aromatic nitrogens is 1. The van der Waals surface area contributed by atoms with Crippen molar-refractivity contribution in [1.82, 2.24) is 4.57 Å². The molecular formula is C46H32N2O2. The zero-order valence-corrected chi connectivity index (χ0v) is 27.7. The van der Waals surface area contributed by atoms with Gasteiger partial charge in [-0.2, -0.15) is 0 Å². The van der Waals surface area contributed by atoms with Crippen molar-refractivity contribution in [2.45, 2.75) is 13.8 Å². The largest absolute Gasteiger partial charge is 0.308 e. The Hall–Kier alpha value is -6.52. The second kappa shape index (κ2) is 11.6. The fourth-order valence-corrected chi connectivity index (χ4v) is 7.53. The maximum Gasteiger partial charge on any atom is 0.268 e. The summed E-state index contributed by atoms with van der Waals surface area (Å²) in [6, 6.07) is 53.2. The van der Waals surface area contributed by atoms with Crippen LogP contribution in [-0.4, -0.2) is 16.4 Å². The number of nitrogens with zero attached hydrogens (tertiary/aromatic N) is 2. The summed E-state index contributed by atoms with van der Waals surface area (Å²) in [4.78, 5) is 29.7. The van der Waals surface area contributed by atoms with E-state index in [4.69, 9.17) is 0 Å². The van der Waals surface area contributed by atoms with Crippen molar-refractivity contribution in [3.05, 3.63) is 180 Å². The fraction of sp³-hybridized carbons (Fsp3) is 0.0435. The van der Waals surface area contributed by atoms with Crippen LogP contribution < -0.4 is 4.90 Å². The molecule has 2 amide bonds. The minimum Gasteiger partial charge on any atom is -0.308 e. The number of carbonyl (C=O) groups is 2. The SMILES string of the molecule is Cc1ccccc1-c1ccc2c(c1)c1cc(-c3ccccc3C)ccc1n2-c1cccc2c1C(=O)N(c1ccc(-c3ccccc3)cc1)C2=O. The van der Waals surface area contributed by atoms with Crippen LogP contribution in [0.5, 0.6) is 0 Å². The van der Waals surface area contributed by atoms with E-state index in [-0.39, 0.29) is 11.8 Å². The highest BCUT2D eigenvalue weighted by atomic mass is 16.2. The summed E-state index contributed by atoms with van der Waals surface area (Å²) in [7, 11) is 0. The number of fused-ring (bicyclic) bond motifs is 4. The van der Waals surface area contributed by atoms with Gasteiger partial charge in [0.05, 0.1) is 33.5 Å². The summed E-state index contributed by atoms with van der Waals surface area (Å²) >= 11 is 0. The molecule has 238 valence electrons. The molecule has 8 aromatic rings. The van der Waals surface area contributed by atoms with Gasteiger partial charge in [-0.15, -0.1) is 0 Å². The molecular weight excluding hydrogens is 613 g/mol. The summed E-state index contributed by atoms with van der Waals surface area (Å²) in [5, 5.41) is 2.16. The molecule has 1 aromatic heterocycles. The molecule has 0 spiro atoms. The molecule has 0 fully saturated rings. The Bertz CT molecular complexity index is 2550. The van der Waals surface area contributed by atoms with Crippen molar-refractivity contribution >= 4 is 39.3 Å². The Morgan fingerprint density at radius 2 is 0.920 bits per heavy atom. The van der Waals surface area contributed by atoms with Crippen LogP contribution in [0.4, 0.5) is 5.69 Å². The molecule has 0 atom stereocenters. The predicted molar refractivity (Wildman–Crippen MR) is 204 cm³/mol. The molecule has 2 heterocycles. The monoisotopic (exact) mass is 644 g/mol. The van der Waals surface area contributed by atoms with Crippen LogP contribution in [0.15, 0.2) is 158 Å². The molecule has 50 heavy (non-hydrogen) atoms.